The van der Waals surface area contributed by atoms with Crippen molar-refractivity contribution in [3.8, 4) is 0 Å². The van der Waals surface area contributed by atoms with E-state index in [0.717, 1.165) is 24.3 Å². The Morgan fingerprint density at radius 1 is 1.31 bits per heavy atom. The Morgan fingerprint density at radius 2 is 2.00 bits per heavy atom. The molecule has 2 atom stereocenters. The Kier molecular flexibility index (Phi) is 4.71. The zero-order valence-corrected chi connectivity index (χ0v) is 10.1. The van der Waals surface area contributed by atoms with Crippen LogP contribution in [0, 0.1) is 0 Å². The molecule has 0 bridgehead atoms. The molecular formula is C12H20N2O2. The van der Waals surface area contributed by atoms with E-state index in [1.165, 1.54) is 0 Å². The number of anilines is 1. The fraction of sp³-hybridized carbons (Fsp3) is 0.583. The molecule has 0 fully saturated rings. The predicted molar refractivity (Wildman–Crippen MR) is 64.4 cm³/mol. The maximum atomic E-state index is 9.34. The molecule has 4 nitrogen and oxygen atoms in total. The summed E-state index contributed by atoms with van der Waals surface area (Å²) in [4.78, 5) is 6.25. The maximum Gasteiger partial charge on any atom is 0.128 e. The van der Waals surface area contributed by atoms with E-state index >= 15 is 0 Å². The molecule has 1 aromatic rings. The highest BCUT2D eigenvalue weighted by Crippen LogP contribution is 2.15. The molecule has 0 amide bonds. The Hall–Kier alpha value is -1.13. The molecule has 0 aliphatic rings. The molecule has 1 rings (SSSR count). The molecule has 0 saturated heterocycles. The molecular weight excluding hydrogens is 204 g/mol. The lowest BCUT2D eigenvalue weighted by molar-refractivity contribution is 0.187. The van der Waals surface area contributed by atoms with Crippen molar-refractivity contribution in [3.63, 3.8) is 0 Å². The lowest BCUT2D eigenvalue weighted by atomic mass is 10.2. The second-order valence-corrected chi connectivity index (χ2v) is 4.18. The molecule has 1 aromatic heterocycles. The molecule has 2 N–H and O–H groups in total. The van der Waals surface area contributed by atoms with Crippen molar-refractivity contribution < 1.29 is 10.2 Å². The van der Waals surface area contributed by atoms with E-state index in [4.69, 9.17) is 0 Å². The van der Waals surface area contributed by atoms with Crippen LogP contribution in [0.3, 0.4) is 0 Å². The number of aromatic nitrogens is 1. The second-order valence-electron chi connectivity index (χ2n) is 4.18. The average Bonchev–Trinajstić information content (AvgIpc) is 2.26. The van der Waals surface area contributed by atoms with Crippen molar-refractivity contribution >= 4 is 5.82 Å². The first-order valence-electron chi connectivity index (χ1n) is 5.54. The highest BCUT2D eigenvalue weighted by Gasteiger charge is 2.06. The molecule has 16 heavy (non-hydrogen) atoms. The van der Waals surface area contributed by atoms with E-state index < -0.39 is 6.10 Å². The third-order valence-corrected chi connectivity index (χ3v) is 2.53. The van der Waals surface area contributed by atoms with Gasteiger partial charge in [-0.2, -0.15) is 0 Å². The maximum absolute atomic E-state index is 9.34. The van der Waals surface area contributed by atoms with Crippen LogP contribution < -0.4 is 4.90 Å². The minimum atomic E-state index is -0.482. The third kappa shape index (κ3) is 3.79. The van der Waals surface area contributed by atoms with Gasteiger partial charge in [0.2, 0.25) is 0 Å². The first-order chi connectivity index (χ1) is 7.50. The lowest BCUT2D eigenvalue weighted by Gasteiger charge is -2.19. The van der Waals surface area contributed by atoms with E-state index in [1.54, 1.807) is 20.0 Å². The highest BCUT2D eigenvalue weighted by atomic mass is 16.3. The monoisotopic (exact) mass is 224 g/mol. The van der Waals surface area contributed by atoms with Crippen LogP contribution in [0.1, 0.15) is 31.9 Å². The summed E-state index contributed by atoms with van der Waals surface area (Å²) < 4.78 is 0. The summed E-state index contributed by atoms with van der Waals surface area (Å²) in [7, 11) is 1.94. The van der Waals surface area contributed by atoms with Gasteiger partial charge in [0.05, 0.1) is 12.2 Å². The van der Waals surface area contributed by atoms with E-state index in [0.29, 0.717) is 0 Å². The first kappa shape index (κ1) is 12.9. The molecule has 0 spiro atoms. The summed E-state index contributed by atoms with van der Waals surface area (Å²) in [5.74, 6) is 0.852. The number of rotatable bonds is 5. The Labute approximate surface area is 96.6 Å². The topological polar surface area (TPSA) is 56.6 Å². The first-order valence-corrected chi connectivity index (χ1v) is 5.54. The van der Waals surface area contributed by atoms with Crippen LogP contribution in [0.2, 0.25) is 0 Å². The van der Waals surface area contributed by atoms with E-state index in [9.17, 15) is 10.2 Å². The third-order valence-electron chi connectivity index (χ3n) is 2.53. The minimum Gasteiger partial charge on any atom is -0.393 e. The number of hydrogen-bond acceptors (Lipinski definition) is 4. The van der Waals surface area contributed by atoms with E-state index in [2.05, 4.69) is 4.98 Å². The summed E-state index contributed by atoms with van der Waals surface area (Å²) in [5, 5.41) is 18.5. The number of aliphatic hydroxyl groups is 2. The van der Waals surface area contributed by atoms with Gasteiger partial charge >= 0.3 is 0 Å². The summed E-state index contributed by atoms with van der Waals surface area (Å²) >= 11 is 0. The Balaban J connectivity index is 2.59. The van der Waals surface area contributed by atoms with Gasteiger partial charge in [0.15, 0.2) is 0 Å². The molecule has 0 saturated carbocycles. The van der Waals surface area contributed by atoms with Crippen molar-refractivity contribution in [2.24, 2.45) is 0 Å². The van der Waals surface area contributed by atoms with Gasteiger partial charge in [0.1, 0.15) is 5.82 Å². The molecule has 0 aliphatic carbocycles. The van der Waals surface area contributed by atoms with Crippen LogP contribution in [0.4, 0.5) is 5.82 Å². The zero-order chi connectivity index (χ0) is 12.1. The van der Waals surface area contributed by atoms with Crippen molar-refractivity contribution in [1.82, 2.24) is 4.98 Å². The Morgan fingerprint density at radius 3 is 2.44 bits per heavy atom. The van der Waals surface area contributed by atoms with Crippen LogP contribution in [0.25, 0.3) is 0 Å². The van der Waals surface area contributed by atoms with Crippen LogP contribution in [0.15, 0.2) is 18.3 Å². The van der Waals surface area contributed by atoms with Gasteiger partial charge < -0.3 is 15.1 Å². The normalized spacial score (nSPS) is 14.6. The zero-order valence-electron chi connectivity index (χ0n) is 10.1. The van der Waals surface area contributed by atoms with Crippen molar-refractivity contribution in [2.75, 3.05) is 18.5 Å². The van der Waals surface area contributed by atoms with Gasteiger partial charge in [-0.1, -0.05) is 6.07 Å². The summed E-state index contributed by atoms with van der Waals surface area (Å²) in [6, 6.07) is 3.75. The summed E-state index contributed by atoms with van der Waals surface area (Å²) in [5.41, 5.74) is 0.813. The van der Waals surface area contributed by atoms with Gasteiger partial charge in [0, 0.05) is 19.8 Å². The largest absolute Gasteiger partial charge is 0.393 e. The average molecular weight is 224 g/mol. The van der Waals surface area contributed by atoms with Gasteiger partial charge in [-0.15, -0.1) is 0 Å². The molecule has 0 aliphatic heterocycles. The molecule has 4 heteroatoms. The van der Waals surface area contributed by atoms with E-state index in [-0.39, 0.29) is 6.10 Å². The standard InChI is InChI=1S/C12H20N2O2/c1-9(15)6-7-14(3)12-5-4-11(8-13-12)10(2)16/h4-5,8-10,15-16H,6-7H2,1-3H3. The number of pyridine rings is 1. The molecule has 0 aromatic carbocycles. The smallest absolute Gasteiger partial charge is 0.128 e. The summed E-state index contributed by atoms with van der Waals surface area (Å²) in [6.07, 6.45) is 1.62. The SMILES string of the molecule is CC(O)CCN(C)c1ccc(C(C)O)cn1. The molecule has 90 valence electrons. The van der Waals surface area contributed by atoms with Crippen LogP contribution in [-0.2, 0) is 0 Å². The lowest BCUT2D eigenvalue weighted by Crippen LogP contribution is -2.22. The fourth-order valence-electron chi connectivity index (χ4n) is 1.37. The minimum absolute atomic E-state index is 0.292. The fourth-order valence-corrected chi connectivity index (χ4v) is 1.37. The number of nitrogens with zero attached hydrogens (tertiary/aromatic N) is 2. The highest BCUT2D eigenvalue weighted by molar-refractivity contribution is 5.38. The van der Waals surface area contributed by atoms with Gasteiger partial charge in [-0.25, -0.2) is 4.98 Å². The molecule has 1 heterocycles. The molecule has 0 radical (unpaired) electrons. The van der Waals surface area contributed by atoms with Gasteiger partial charge in [-0.05, 0) is 31.9 Å². The predicted octanol–water partition coefficient (Wildman–Crippen LogP) is 1.34. The van der Waals surface area contributed by atoms with E-state index in [1.807, 2.05) is 24.1 Å². The van der Waals surface area contributed by atoms with Crippen molar-refractivity contribution in [1.29, 1.82) is 0 Å². The summed E-state index contributed by atoms with van der Waals surface area (Å²) in [6.45, 7) is 4.25. The van der Waals surface area contributed by atoms with Crippen LogP contribution in [-0.4, -0.2) is 34.9 Å². The second kappa shape index (κ2) is 5.82. The van der Waals surface area contributed by atoms with Gasteiger partial charge in [-0.3, -0.25) is 0 Å². The number of hydrogen-bond donors (Lipinski definition) is 2. The number of aliphatic hydroxyl groups excluding tert-OH is 2. The van der Waals surface area contributed by atoms with Crippen molar-refractivity contribution in [2.45, 2.75) is 32.5 Å². The van der Waals surface area contributed by atoms with Crippen molar-refractivity contribution in [3.05, 3.63) is 23.9 Å². The van der Waals surface area contributed by atoms with Gasteiger partial charge in [0.25, 0.3) is 0 Å². The molecule has 2 unspecified atom stereocenters. The van der Waals surface area contributed by atoms with Crippen LogP contribution in [0.5, 0.6) is 0 Å². The Bertz CT molecular complexity index is 309. The quantitative estimate of drug-likeness (QED) is 0.792. The van der Waals surface area contributed by atoms with Crippen LogP contribution >= 0.6 is 0 Å².